The number of alkyl halides is 6. The summed E-state index contributed by atoms with van der Waals surface area (Å²) in [6, 6.07) is -0.151. The van der Waals surface area contributed by atoms with E-state index in [0.717, 1.165) is 0 Å². The first kappa shape index (κ1) is 21.8. The van der Waals surface area contributed by atoms with Gasteiger partial charge in [0, 0.05) is 38.8 Å². The Balaban J connectivity index is 2.31. The van der Waals surface area contributed by atoms with Gasteiger partial charge in [-0.05, 0) is 19.8 Å². The summed E-state index contributed by atoms with van der Waals surface area (Å²) in [5.74, 6) is 0.442. The van der Waals surface area contributed by atoms with Crippen LogP contribution in [0, 0.1) is 0 Å². The number of nitrogens with zero attached hydrogens (tertiary/aromatic N) is 2. The van der Waals surface area contributed by atoms with Gasteiger partial charge in [-0.1, -0.05) is 0 Å². The number of hydrogen-bond acceptors (Lipinski definition) is 3. The highest BCUT2D eigenvalue weighted by Gasteiger charge is 2.34. The van der Waals surface area contributed by atoms with E-state index < -0.39 is 25.5 Å². The third-order valence-corrected chi connectivity index (χ3v) is 3.34. The van der Waals surface area contributed by atoms with Crippen molar-refractivity contribution >= 4 is 5.96 Å². The fourth-order valence-electron chi connectivity index (χ4n) is 2.41. The number of guanidine groups is 1. The molecule has 0 radical (unpaired) electrons. The van der Waals surface area contributed by atoms with Crippen LogP contribution in [0.3, 0.4) is 0 Å². The molecule has 148 valence electrons. The van der Waals surface area contributed by atoms with Crippen LogP contribution in [0.2, 0.25) is 0 Å². The molecule has 2 N–H and O–H groups in total. The number of hydrogen-bond donors (Lipinski definition) is 2. The average Bonchev–Trinajstić information content (AvgIpc) is 2.86. The summed E-state index contributed by atoms with van der Waals surface area (Å²) in [4.78, 5) is 5.53. The molecule has 0 aromatic heterocycles. The molecule has 1 fully saturated rings. The first-order chi connectivity index (χ1) is 11.6. The molecule has 0 bridgehead atoms. The third-order valence-electron chi connectivity index (χ3n) is 3.34. The fourth-order valence-corrected chi connectivity index (χ4v) is 2.41. The SMILES string of the molecule is CCNC(=NCCCOCC(F)(F)F)NC1CCN(CC(F)(F)F)C1. The van der Waals surface area contributed by atoms with Crippen molar-refractivity contribution in [3.05, 3.63) is 0 Å². The van der Waals surface area contributed by atoms with Gasteiger partial charge in [-0.25, -0.2) is 0 Å². The summed E-state index contributed by atoms with van der Waals surface area (Å²) in [5.41, 5.74) is 0. The van der Waals surface area contributed by atoms with E-state index in [0.29, 0.717) is 31.9 Å². The van der Waals surface area contributed by atoms with E-state index in [2.05, 4.69) is 20.4 Å². The molecule has 1 rings (SSSR count). The quantitative estimate of drug-likeness (QED) is 0.294. The smallest absolute Gasteiger partial charge is 0.372 e. The molecule has 1 saturated heterocycles. The molecule has 0 spiro atoms. The lowest BCUT2D eigenvalue weighted by Crippen LogP contribution is -2.45. The van der Waals surface area contributed by atoms with E-state index in [1.54, 1.807) is 0 Å². The molecule has 11 heteroatoms. The lowest BCUT2D eigenvalue weighted by atomic mass is 10.3. The number of likely N-dealkylation sites (tertiary alicyclic amines) is 1. The molecule has 25 heavy (non-hydrogen) atoms. The monoisotopic (exact) mass is 378 g/mol. The second-order valence-corrected chi connectivity index (χ2v) is 5.76. The normalized spacial score (nSPS) is 20.1. The Morgan fingerprint density at radius 2 is 1.92 bits per heavy atom. The summed E-state index contributed by atoms with van der Waals surface area (Å²) in [6.45, 7) is 0.989. The molecule has 0 amide bonds. The van der Waals surface area contributed by atoms with Gasteiger partial charge >= 0.3 is 12.4 Å². The Morgan fingerprint density at radius 1 is 1.20 bits per heavy atom. The van der Waals surface area contributed by atoms with E-state index in [1.165, 1.54) is 4.90 Å². The lowest BCUT2D eigenvalue weighted by molar-refractivity contribution is -0.173. The van der Waals surface area contributed by atoms with Crippen LogP contribution in [0.25, 0.3) is 0 Å². The maximum Gasteiger partial charge on any atom is 0.411 e. The molecule has 5 nitrogen and oxygen atoms in total. The van der Waals surface area contributed by atoms with Crippen molar-refractivity contribution < 1.29 is 31.1 Å². The minimum absolute atomic E-state index is 0.0643. The van der Waals surface area contributed by atoms with Crippen LogP contribution < -0.4 is 10.6 Å². The van der Waals surface area contributed by atoms with Gasteiger partial charge in [0.25, 0.3) is 0 Å². The Hall–Kier alpha value is -1.23. The summed E-state index contributed by atoms with van der Waals surface area (Å²) in [6.07, 6.45) is -7.68. The molecule has 1 aliphatic rings. The Kier molecular flexibility index (Phi) is 8.77. The van der Waals surface area contributed by atoms with Crippen molar-refractivity contribution in [1.29, 1.82) is 0 Å². The van der Waals surface area contributed by atoms with Gasteiger partial charge in [0.05, 0.1) is 6.54 Å². The van der Waals surface area contributed by atoms with E-state index in [4.69, 9.17) is 0 Å². The average molecular weight is 378 g/mol. The maximum absolute atomic E-state index is 12.4. The summed E-state index contributed by atoms with van der Waals surface area (Å²) in [5, 5.41) is 6.02. The Labute approximate surface area is 142 Å². The molecule has 1 aliphatic heterocycles. The first-order valence-electron chi connectivity index (χ1n) is 8.07. The van der Waals surface area contributed by atoms with Crippen LogP contribution in [0.15, 0.2) is 4.99 Å². The zero-order chi connectivity index (χ0) is 18.9. The fraction of sp³-hybridized carbons (Fsp3) is 0.929. The minimum atomic E-state index is -4.34. The molecule has 0 aliphatic carbocycles. The molecule has 1 unspecified atom stereocenters. The van der Waals surface area contributed by atoms with E-state index in [1.807, 2.05) is 6.92 Å². The van der Waals surface area contributed by atoms with Crippen molar-refractivity contribution in [3.63, 3.8) is 0 Å². The molecule has 1 atom stereocenters. The van der Waals surface area contributed by atoms with Gasteiger partial charge in [0.2, 0.25) is 0 Å². The number of ether oxygens (including phenoxy) is 1. The van der Waals surface area contributed by atoms with Gasteiger partial charge in [0.1, 0.15) is 6.61 Å². The van der Waals surface area contributed by atoms with Gasteiger partial charge in [-0.15, -0.1) is 0 Å². The van der Waals surface area contributed by atoms with Crippen molar-refractivity contribution in [2.75, 3.05) is 45.9 Å². The van der Waals surface area contributed by atoms with Crippen LogP contribution in [-0.4, -0.2) is 75.2 Å². The predicted molar refractivity (Wildman–Crippen MR) is 81.5 cm³/mol. The van der Waals surface area contributed by atoms with Crippen LogP contribution in [0.4, 0.5) is 26.3 Å². The van der Waals surface area contributed by atoms with Crippen LogP contribution in [-0.2, 0) is 4.74 Å². The van der Waals surface area contributed by atoms with Crippen LogP contribution in [0.1, 0.15) is 19.8 Å². The van der Waals surface area contributed by atoms with Gasteiger partial charge in [-0.3, -0.25) is 9.89 Å². The zero-order valence-electron chi connectivity index (χ0n) is 14.0. The maximum atomic E-state index is 12.4. The summed E-state index contributed by atoms with van der Waals surface area (Å²) >= 11 is 0. The second kappa shape index (κ2) is 10.0. The van der Waals surface area contributed by atoms with Crippen molar-refractivity contribution in [2.45, 2.75) is 38.2 Å². The topological polar surface area (TPSA) is 48.9 Å². The number of aliphatic imine (C=N–C) groups is 1. The van der Waals surface area contributed by atoms with E-state index in [9.17, 15) is 26.3 Å². The summed E-state index contributed by atoms with van der Waals surface area (Å²) < 4.78 is 77.3. The Morgan fingerprint density at radius 3 is 2.52 bits per heavy atom. The van der Waals surface area contributed by atoms with Crippen LogP contribution in [0.5, 0.6) is 0 Å². The van der Waals surface area contributed by atoms with Crippen LogP contribution >= 0.6 is 0 Å². The van der Waals surface area contributed by atoms with Crippen molar-refractivity contribution in [3.8, 4) is 0 Å². The molecule has 0 saturated carbocycles. The Bertz CT molecular complexity index is 413. The van der Waals surface area contributed by atoms with E-state index in [-0.39, 0.29) is 25.7 Å². The number of rotatable bonds is 8. The predicted octanol–water partition coefficient (Wildman–Crippen LogP) is 2.15. The highest BCUT2D eigenvalue weighted by atomic mass is 19.4. The number of halogens is 6. The molecular formula is C14H24F6N4O. The molecule has 0 aromatic rings. The molecule has 1 heterocycles. The first-order valence-corrected chi connectivity index (χ1v) is 8.07. The second-order valence-electron chi connectivity index (χ2n) is 5.76. The summed E-state index contributed by atoms with van der Waals surface area (Å²) in [7, 11) is 0. The molecule has 0 aromatic carbocycles. The standard InChI is InChI=1S/C14H24F6N4O/c1-2-21-12(22-5-3-7-25-10-14(18,19)20)23-11-4-6-24(8-11)9-13(15,16)17/h11H,2-10H2,1H3,(H2,21,22,23). The van der Waals surface area contributed by atoms with Gasteiger partial charge in [-0.2, -0.15) is 26.3 Å². The number of nitrogens with one attached hydrogen (secondary N) is 2. The van der Waals surface area contributed by atoms with Gasteiger partial charge < -0.3 is 15.4 Å². The third kappa shape index (κ3) is 11.1. The minimum Gasteiger partial charge on any atom is -0.372 e. The highest BCUT2D eigenvalue weighted by Crippen LogP contribution is 2.20. The largest absolute Gasteiger partial charge is 0.411 e. The van der Waals surface area contributed by atoms with Gasteiger partial charge in [0.15, 0.2) is 5.96 Å². The molecular weight excluding hydrogens is 354 g/mol. The van der Waals surface area contributed by atoms with Crippen molar-refractivity contribution in [2.24, 2.45) is 4.99 Å². The van der Waals surface area contributed by atoms with E-state index >= 15 is 0 Å². The highest BCUT2D eigenvalue weighted by molar-refractivity contribution is 5.80. The zero-order valence-corrected chi connectivity index (χ0v) is 14.0. The van der Waals surface area contributed by atoms with Crippen molar-refractivity contribution in [1.82, 2.24) is 15.5 Å². The lowest BCUT2D eigenvalue weighted by Gasteiger charge is -2.19.